The number of hydrogen-bond donors (Lipinski definition) is 0. The molecule has 0 nitrogen and oxygen atoms in total. The van der Waals surface area contributed by atoms with E-state index in [0.717, 1.165) is 25.7 Å². The minimum absolute atomic E-state index is 0.0401. The van der Waals surface area contributed by atoms with E-state index in [9.17, 15) is 43.9 Å². The largest absolute Gasteiger partial charge is 0.203 e. The summed E-state index contributed by atoms with van der Waals surface area (Å²) in [6.07, 6.45) is 3.79. The molecule has 33 heavy (non-hydrogen) atoms. The van der Waals surface area contributed by atoms with Crippen molar-refractivity contribution in [2.24, 2.45) is 0 Å². The molecule has 0 radical (unpaired) electrons. The van der Waals surface area contributed by atoms with Crippen LogP contribution in [-0.4, -0.2) is 0 Å². The highest BCUT2D eigenvalue weighted by Gasteiger charge is 2.44. The van der Waals surface area contributed by atoms with Crippen LogP contribution in [0, 0.1) is 58.2 Å². The van der Waals surface area contributed by atoms with Gasteiger partial charge in [-0.3, -0.25) is 0 Å². The minimum atomic E-state index is -2.75. The molecule has 0 spiro atoms. The Balaban J connectivity index is 2.67. The Morgan fingerprint density at radius 3 is 1.03 bits per heavy atom. The summed E-state index contributed by atoms with van der Waals surface area (Å²) >= 11 is 0. The van der Waals surface area contributed by atoms with Crippen molar-refractivity contribution in [1.82, 2.24) is 0 Å². The monoisotopic (exact) mass is 488 g/mol. The van der Waals surface area contributed by atoms with Gasteiger partial charge in [0.05, 0.1) is 0 Å². The highest BCUT2D eigenvalue weighted by atomic mass is 19.2. The predicted molar refractivity (Wildman–Crippen MR) is 102 cm³/mol. The van der Waals surface area contributed by atoms with Crippen LogP contribution in [0.25, 0.3) is 0 Å². The van der Waals surface area contributed by atoms with Gasteiger partial charge >= 0.3 is 0 Å². The van der Waals surface area contributed by atoms with Crippen LogP contribution in [0.5, 0.6) is 0 Å². The number of halogens is 10. The van der Waals surface area contributed by atoms with Crippen molar-refractivity contribution in [2.45, 2.75) is 70.6 Å². The van der Waals surface area contributed by atoms with E-state index in [1.54, 1.807) is 0 Å². The molecule has 184 valence electrons. The van der Waals surface area contributed by atoms with Crippen molar-refractivity contribution in [3.05, 3.63) is 69.3 Å². The molecule has 0 aliphatic heterocycles. The van der Waals surface area contributed by atoms with E-state index in [2.05, 4.69) is 0 Å². The Morgan fingerprint density at radius 2 is 0.697 bits per heavy atom. The van der Waals surface area contributed by atoms with E-state index in [0.29, 0.717) is 19.8 Å². The molecule has 0 saturated heterocycles. The molecular formula is C23H22F10. The fourth-order valence-electron chi connectivity index (χ4n) is 3.99. The quantitative estimate of drug-likeness (QED) is 0.136. The molecule has 2 aromatic carbocycles. The van der Waals surface area contributed by atoms with Crippen molar-refractivity contribution in [1.29, 1.82) is 0 Å². The van der Waals surface area contributed by atoms with Crippen molar-refractivity contribution in [2.75, 3.05) is 0 Å². The van der Waals surface area contributed by atoms with Gasteiger partial charge in [-0.25, -0.2) is 43.9 Å². The van der Waals surface area contributed by atoms with E-state index in [-0.39, 0.29) is 6.42 Å². The molecule has 0 aromatic heterocycles. The number of hydrogen-bond acceptors (Lipinski definition) is 0. The molecule has 0 N–H and O–H groups in total. The van der Waals surface area contributed by atoms with Gasteiger partial charge in [0.15, 0.2) is 46.5 Å². The molecule has 2 aromatic rings. The van der Waals surface area contributed by atoms with Crippen molar-refractivity contribution in [3.8, 4) is 0 Å². The first kappa shape index (κ1) is 27.0. The second-order valence-corrected chi connectivity index (χ2v) is 8.09. The lowest BCUT2D eigenvalue weighted by molar-refractivity contribution is 0.318. The molecule has 0 aliphatic rings. The van der Waals surface area contributed by atoms with Gasteiger partial charge in [-0.1, -0.05) is 58.8 Å². The third kappa shape index (κ3) is 4.99. The van der Waals surface area contributed by atoms with Crippen LogP contribution in [0.4, 0.5) is 43.9 Å². The fourth-order valence-corrected chi connectivity index (χ4v) is 3.99. The summed E-state index contributed by atoms with van der Waals surface area (Å²) in [6.45, 7) is 2.68. The van der Waals surface area contributed by atoms with Crippen molar-refractivity contribution < 1.29 is 43.9 Å². The average Bonchev–Trinajstić information content (AvgIpc) is 2.78. The molecule has 0 fully saturated rings. The summed E-state index contributed by atoms with van der Waals surface area (Å²) in [7, 11) is 0. The summed E-state index contributed by atoms with van der Waals surface area (Å²) in [5.41, 5.74) is -6.07. The molecule has 0 unspecified atom stereocenters. The van der Waals surface area contributed by atoms with Gasteiger partial charge in [-0.15, -0.1) is 0 Å². The molecule has 0 amide bonds. The lowest BCUT2D eigenvalue weighted by atomic mass is 9.71. The molecular weight excluding hydrogens is 466 g/mol. The molecule has 0 aliphatic carbocycles. The van der Waals surface area contributed by atoms with Crippen LogP contribution < -0.4 is 0 Å². The maximum atomic E-state index is 14.6. The average molecular weight is 488 g/mol. The Bertz CT molecular complexity index is 888. The standard InChI is InChI=1S/C23H22F10/c1-3-4-5-6-7-8-9-10-23(2,11-13(24)17(28)21(32)18(29)14(11)25)12-15(26)19(30)22(33)20(31)16(12)27/h3-10H2,1-2H3. The van der Waals surface area contributed by atoms with Gasteiger partial charge in [0.2, 0.25) is 11.6 Å². The van der Waals surface area contributed by atoms with E-state index in [4.69, 9.17) is 0 Å². The maximum absolute atomic E-state index is 14.6. The summed E-state index contributed by atoms with van der Waals surface area (Å²) in [6, 6.07) is 0. The van der Waals surface area contributed by atoms with E-state index < -0.39 is 81.1 Å². The van der Waals surface area contributed by atoms with Gasteiger partial charge in [-0.2, -0.15) is 0 Å². The van der Waals surface area contributed by atoms with Gasteiger partial charge in [-0.05, 0) is 6.42 Å². The Labute approximate surface area is 184 Å². The van der Waals surface area contributed by atoms with Crippen LogP contribution >= 0.6 is 0 Å². The van der Waals surface area contributed by atoms with Crippen LogP contribution in [0.2, 0.25) is 0 Å². The number of unbranched alkanes of at least 4 members (excludes halogenated alkanes) is 6. The second-order valence-electron chi connectivity index (χ2n) is 8.09. The smallest absolute Gasteiger partial charge is 0.200 e. The van der Waals surface area contributed by atoms with E-state index >= 15 is 0 Å². The van der Waals surface area contributed by atoms with Crippen LogP contribution in [-0.2, 0) is 5.41 Å². The zero-order chi connectivity index (χ0) is 25.1. The first-order valence-electron chi connectivity index (χ1n) is 10.5. The summed E-state index contributed by atoms with van der Waals surface area (Å²) < 4.78 is 141. The highest BCUT2D eigenvalue weighted by molar-refractivity contribution is 5.43. The van der Waals surface area contributed by atoms with Gasteiger partial charge in [0, 0.05) is 16.5 Å². The number of rotatable bonds is 10. The lowest BCUT2D eigenvalue weighted by Crippen LogP contribution is -2.32. The van der Waals surface area contributed by atoms with Crippen molar-refractivity contribution in [3.63, 3.8) is 0 Å². The second kappa shape index (κ2) is 10.8. The molecule has 0 saturated carbocycles. The molecule has 0 bridgehead atoms. The first-order chi connectivity index (χ1) is 15.4. The Morgan fingerprint density at radius 1 is 0.424 bits per heavy atom. The molecule has 0 atom stereocenters. The predicted octanol–water partition coefficient (Wildman–Crippen LogP) is 8.52. The third-order valence-corrected chi connectivity index (χ3v) is 5.80. The third-order valence-electron chi connectivity index (χ3n) is 5.80. The van der Waals surface area contributed by atoms with Gasteiger partial charge in [0.1, 0.15) is 0 Å². The number of benzene rings is 2. The minimum Gasteiger partial charge on any atom is -0.203 e. The van der Waals surface area contributed by atoms with E-state index in [1.807, 2.05) is 6.92 Å². The molecule has 0 heterocycles. The topological polar surface area (TPSA) is 0 Å². The summed E-state index contributed by atoms with van der Waals surface area (Å²) in [5.74, 6) is -24.2. The zero-order valence-corrected chi connectivity index (χ0v) is 17.9. The highest BCUT2D eigenvalue weighted by Crippen LogP contribution is 2.45. The lowest BCUT2D eigenvalue weighted by Gasteiger charge is -2.33. The maximum Gasteiger partial charge on any atom is 0.200 e. The van der Waals surface area contributed by atoms with Crippen LogP contribution in [0.15, 0.2) is 0 Å². The molecule has 10 heteroatoms. The van der Waals surface area contributed by atoms with Crippen LogP contribution in [0.3, 0.4) is 0 Å². The SMILES string of the molecule is CCCCCCCCCC(C)(c1c(F)c(F)c(F)c(F)c1F)c1c(F)c(F)c(F)c(F)c1F. The van der Waals surface area contributed by atoms with E-state index in [1.165, 1.54) is 0 Å². The van der Waals surface area contributed by atoms with Gasteiger partial charge < -0.3 is 0 Å². The summed E-state index contributed by atoms with van der Waals surface area (Å²) in [5, 5.41) is 0. The zero-order valence-electron chi connectivity index (χ0n) is 17.9. The van der Waals surface area contributed by atoms with Gasteiger partial charge in [0.25, 0.3) is 0 Å². The summed E-state index contributed by atoms with van der Waals surface area (Å²) in [4.78, 5) is 0. The normalized spacial score (nSPS) is 12.0. The molecule has 2 rings (SSSR count). The Hall–Kier alpha value is -2.26. The Kier molecular flexibility index (Phi) is 8.81. The van der Waals surface area contributed by atoms with Crippen molar-refractivity contribution >= 4 is 0 Å². The first-order valence-corrected chi connectivity index (χ1v) is 10.5. The fraction of sp³-hybridized carbons (Fsp3) is 0.478. The van der Waals surface area contributed by atoms with Crippen LogP contribution in [0.1, 0.15) is 76.3 Å².